The zero-order valence-electron chi connectivity index (χ0n) is 5.48. The van der Waals surface area contributed by atoms with E-state index in [1.807, 2.05) is 0 Å². The molecule has 1 heteroatoms. The molecule has 0 atom stereocenters. The predicted molar refractivity (Wildman–Crippen MR) is 36.4 cm³/mol. The Kier molecular flexibility index (Phi) is 2.07. The molecule has 0 radical (unpaired) electrons. The number of hydrogen-bond acceptors (Lipinski definition) is 1. The molecular formula is C7H13N. The summed E-state index contributed by atoms with van der Waals surface area (Å²) in [5.74, 6) is 0. The maximum Gasteiger partial charge on any atom is 0.0386 e. The lowest BCUT2D eigenvalue weighted by Crippen LogP contribution is -2.09. The molecule has 0 aromatic rings. The van der Waals surface area contributed by atoms with Crippen LogP contribution in [-0.2, 0) is 0 Å². The van der Waals surface area contributed by atoms with Crippen molar-refractivity contribution in [3.05, 3.63) is 0 Å². The van der Waals surface area contributed by atoms with E-state index in [4.69, 9.17) is 0 Å². The van der Waals surface area contributed by atoms with Crippen LogP contribution in [0.3, 0.4) is 0 Å². The Labute approximate surface area is 50.8 Å². The largest absolute Gasteiger partial charge is 0.294 e. The first-order chi connectivity index (χ1) is 3.93. The van der Waals surface area contributed by atoms with Gasteiger partial charge in [-0.2, -0.15) is 0 Å². The molecule has 0 N–H and O–H groups in total. The summed E-state index contributed by atoms with van der Waals surface area (Å²) in [7, 11) is 0. The van der Waals surface area contributed by atoms with Crippen molar-refractivity contribution in [1.29, 1.82) is 0 Å². The average Bonchev–Trinajstić information content (AvgIpc) is 1.63. The number of rotatable bonds is 2. The van der Waals surface area contributed by atoms with Gasteiger partial charge >= 0.3 is 0 Å². The van der Waals surface area contributed by atoms with Crippen LogP contribution in [0.5, 0.6) is 0 Å². The van der Waals surface area contributed by atoms with Gasteiger partial charge in [0, 0.05) is 12.3 Å². The molecule has 0 amide bonds. The van der Waals surface area contributed by atoms with Gasteiger partial charge in [0.05, 0.1) is 0 Å². The second-order valence-electron chi connectivity index (χ2n) is 2.30. The Bertz CT molecular complexity index is 88.6. The highest BCUT2D eigenvalue weighted by Crippen LogP contribution is 2.13. The van der Waals surface area contributed by atoms with Crippen molar-refractivity contribution >= 4 is 5.71 Å². The third-order valence-corrected chi connectivity index (χ3v) is 1.49. The highest BCUT2D eigenvalue weighted by Gasteiger charge is 2.07. The Morgan fingerprint density at radius 1 is 1.50 bits per heavy atom. The first-order valence-corrected chi connectivity index (χ1v) is 3.45. The minimum Gasteiger partial charge on any atom is -0.294 e. The Hall–Kier alpha value is -0.330. The van der Waals surface area contributed by atoms with Gasteiger partial charge in [0.25, 0.3) is 0 Å². The van der Waals surface area contributed by atoms with E-state index in [0.29, 0.717) is 0 Å². The van der Waals surface area contributed by atoms with Gasteiger partial charge in [0.1, 0.15) is 0 Å². The van der Waals surface area contributed by atoms with Gasteiger partial charge < -0.3 is 0 Å². The predicted octanol–water partition coefficient (Wildman–Crippen LogP) is 2.02. The molecule has 1 nitrogen and oxygen atoms in total. The number of aliphatic imine (C=N–C) groups is 1. The molecule has 46 valence electrons. The minimum absolute atomic E-state index is 1.05. The highest BCUT2D eigenvalue weighted by atomic mass is 14.7. The van der Waals surface area contributed by atoms with Crippen LogP contribution in [0.1, 0.15) is 32.6 Å². The van der Waals surface area contributed by atoms with Crippen molar-refractivity contribution in [2.24, 2.45) is 4.99 Å². The van der Waals surface area contributed by atoms with Crippen LogP contribution in [0.15, 0.2) is 4.99 Å². The summed E-state index contributed by atoms with van der Waals surface area (Å²) in [6.07, 6.45) is 5.13. The summed E-state index contributed by atoms with van der Waals surface area (Å²) >= 11 is 0. The van der Waals surface area contributed by atoms with E-state index in [1.54, 1.807) is 0 Å². The standard InChI is InChI=1S/C7H13N/c1-2-6-8-7-4-3-5-7/h2-6H2,1H3. The maximum atomic E-state index is 4.36. The van der Waals surface area contributed by atoms with Crippen LogP contribution < -0.4 is 0 Å². The normalized spacial score (nSPS) is 17.9. The monoisotopic (exact) mass is 111 g/mol. The van der Waals surface area contributed by atoms with E-state index in [-0.39, 0.29) is 0 Å². The number of nitrogens with zero attached hydrogens (tertiary/aromatic N) is 1. The van der Waals surface area contributed by atoms with E-state index in [9.17, 15) is 0 Å². The molecule has 1 fully saturated rings. The summed E-state index contributed by atoms with van der Waals surface area (Å²) in [4.78, 5) is 4.36. The summed E-state index contributed by atoms with van der Waals surface area (Å²) in [5, 5.41) is 0. The van der Waals surface area contributed by atoms with E-state index < -0.39 is 0 Å². The third-order valence-electron chi connectivity index (χ3n) is 1.49. The molecule has 0 saturated heterocycles. The lowest BCUT2D eigenvalue weighted by Gasteiger charge is -2.13. The van der Waals surface area contributed by atoms with Crippen LogP contribution in [-0.4, -0.2) is 12.3 Å². The quantitative estimate of drug-likeness (QED) is 0.517. The van der Waals surface area contributed by atoms with Crippen molar-refractivity contribution in [3.63, 3.8) is 0 Å². The zero-order valence-corrected chi connectivity index (χ0v) is 5.48. The molecule has 0 unspecified atom stereocenters. The van der Waals surface area contributed by atoms with Crippen LogP contribution >= 0.6 is 0 Å². The van der Waals surface area contributed by atoms with Gasteiger partial charge in [-0.25, -0.2) is 0 Å². The average molecular weight is 111 g/mol. The van der Waals surface area contributed by atoms with Crippen molar-refractivity contribution in [1.82, 2.24) is 0 Å². The first kappa shape index (κ1) is 5.80. The van der Waals surface area contributed by atoms with Crippen molar-refractivity contribution < 1.29 is 0 Å². The fourth-order valence-electron chi connectivity index (χ4n) is 0.763. The van der Waals surface area contributed by atoms with E-state index >= 15 is 0 Å². The molecule has 0 aromatic heterocycles. The van der Waals surface area contributed by atoms with E-state index in [2.05, 4.69) is 11.9 Å². The maximum absolute atomic E-state index is 4.36. The molecule has 0 aliphatic heterocycles. The molecular weight excluding hydrogens is 98.1 g/mol. The van der Waals surface area contributed by atoms with Crippen LogP contribution in [0, 0.1) is 0 Å². The van der Waals surface area contributed by atoms with E-state index in [0.717, 1.165) is 6.54 Å². The molecule has 8 heavy (non-hydrogen) atoms. The van der Waals surface area contributed by atoms with Gasteiger partial charge in [0.2, 0.25) is 0 Å². The van der Waals surface area contributed by atoms with Crippen molar-refractivity contribution in [2.45, 2.75) is 32.6 Å². The molecule has 0 spiro atoms. The zero-order chi connectivity index (χ0) is 5.82. The summed E-state index contributed by atoms with van der Waals surface area (Å²) in [5.41, 5.74) is 1.45. The molecule has 1 saturated carbocycles. The number of hydrogen-bond donors (Lipinski definition) is 0. The van der Waals surface area contributed by atoms with Gasteiger partial charge in [0.15, 0.2) is 0 Å². The molecule has 1 aliphatic carbocycles. The first-order valence-electron chi connectivity index (χ1n) is 3.45. The lowest BCUT2D eigenvalue weighted by molar-refractivity contribution is 0.780. The Morgan fingerprint density at radius 2 is 2.25 bits per heavy atom. The smallest absolute Gasteiger partial charge is 0.0386 e. The fourth-order valence-corrected chi connectivity index (χ4v) is 0.763. The van der Waals surface area contributed by atoms with Crippen LogP contribution in [0.4, 0.5) is 0 Å². The minimum atomic E-state index is 1.05. The van der Waals surface area contributed by atoms with Crippen molar-refractivity contribution in [2.75, 3.05) is 6.54 Å². The molecule has 1 aliphatic rings. The molecule has 0 aromatic carbocycles. The second kappa shape index (κ2) is 2.85. The Morgan fingerprint density at radius 3 is 2.62 bits per heavy atom. The summed E-state index contributed by atoms with van der Waals surface area (Å²) < 4.78 is 0. The van der Waals surface area contributed by atoms with Crippen LogP contribution in [0.25, 0.3) is 0 Å². The second-order valence-corrected chi connectivity index (χ2v) is 2.30. The molecule has 1 rings (SSSR count). The van der Waals surface area contributed by atoms with Gasteiger partial charge in [-0.1, -0.05) is 6.92 Å². The van der Waals surface area contributed by atoms with Crippen LogP contribution in [0.2, 0.25) is 0 Å². The Balaban J connectivity index is 2.11. The van der Waals surface area contributed by atoms with E-state index in [1.165, 1.54) is 31.4 Å². The summed E-state index contributed by atoms with van der Waals surface area (Å²) in [6, 6.07) is 0. The van der Waals surface area contributed by atoms with Crippen molar-refractivity contribution in [3.8, 4) is 0 Å². The van der Waals surface area contributed by atoms with Gasteiger partial charge in [-0.3, -0.25) is 4.99 Å². The van der Waals surface area contributed by atoms with Gasteiger partial charge in [-0.05, 0) is 25.7 Å². The highest BCUT2D eigenvalue weighted by molar-refractivity contribution is 5.89. The summed E-state index contributed by atoms with van der Waals surface area (Å²) in [6.45, 7) is 3.22. The molecule has 0 heterocycles. The fraction of sp³-hybridized carbons (Fsp3) is 0.857. The topological polar surface area (TPSA) is 12.4 Å². The molecule has 0 bridgehead atoms. The third kappa shape index (κ3) is 1.32. The SMILES string of the molecule is CCCN=C1CCC1. The van der Waals surface area contributed by atoms with Gasteiger partial charge in [-0.15, -0.1) is 0 Å². The lowest BCUT2D eigenvalue weighted by atomic mass is 9.97.